The second kappa shape index (κ2) is 6.58. The van der Waals surface area contributed by atoms with Crippen LogP contribution >= 0.6 is 0 Å². The van der Waals surface area contributed by atoms with Gasteiger partial charge in [-0.15, -0.1) is 0 Å². The predicted octanol–water partition coefficient (Wildman–Crippen LogP) is 2.31. The van der Waals surface area contributed by atoms with E-state index in [1.54, 1.807) is 0 Å². The Morgan fingerprint density at radius 1 is 1.45 bits per heavy atom. The second-order valence-corrected chi connectivity index (χ2v) is 6.84. The van der Waals surface area contributed by atoms with Crippen LogP contribution in [0.15, 0.2) is 6.33 Å². The van der Waals surface area contributed by atoms with Crippen LogP contribution in [0.1, 0.15) is 46.2 Å². The maximum atomic E-state index is 14.4. The van der Waals surface area contributed by atoms with Crippen molar-refractivity contribution in [1.29, 1.82) is 0 Å². The minimum Gasteiger partial charge on any atom is -0.353 e. The molecule has 0 bridgehead atoms. The molecule has 1 aromatic rings. The Kier molecular flexibility index (Phi) is 4.98. The molecule has 122 valence electrons. The maximum absolute atomic E-state index is 14.4. The molecule has 1 atom stereocenters. The van der Waals surface area contributed by atoms with Gasteiger partial charge in [-0.25, -0.2) is 14.4 Å². The van der Waals surface area contributed by atoms with Crippen LogP contribution in [0.5, 0.6) is 0 Å². The molecule has 1 aliphatic rings. The number of hydrogen-bond donors (Lipinski definition) is 1. The lowest BCUT2D eigenvalue weighted by atomic mass is 9.95. The third-order valence-electron chi connectivity index (χ3n) is 3.77. The Balaban J connectivity index is 2.12. The number of carbonyl (C=O) groups excluding carboxylic acids is 1. The molecule has 2 heterocycles. The van der Waals surface area contributed by atoms with Crippen LogP contribution < -0.4 is 10.2 Å². The van der Waals surface area contributed by atoms with Gasteiger partial charge in [-0.2, -0.15) is 0 Å². The van der Waals surface area contributed by atoms with Crippen molar-refractivity contribution in [2.75, 3.05) is 18.0 Å². The summed E-state index contributed by atoms with van der Waals surface area (Å²) in [6.07, 6.45) is 3.61. The van der Waals surface area contributed by atoms with Crippen LogP contribution in [0.4, 0.5) is 10.2 Å². The van der Waals surface area contributed by atoms with Crippen LogP contribution in [0.3, 0.4) is 0 Å². The average molecular weight is 308 g/mol. The topological polar surface area (TPSA) is 58.1 Å². The molecule has 0 aliphatic carbocycles. The lowest BCUT2D eigenvalue weighted by Crippen LogP contribution is -2.49. The fourth-order valence-electron chi connectivity index (χ4n) is 2.72. The number of aromatic nitrogens is 2. The highest BCUT2D eigenvalue weighted by molar-refractivity contribution is 5.80. The lowest BCUT2D eigenvalue weighted by molar-refractivity contribution is -0.126. The minimum absolute atomic E-state index is 0.0300. The van der Waals surface area contributed by atoms with Crippen molar-refractivity contribution in [1.82, 2.24) is 15.3 Å². The number of nitrogens with zero attached hydrogens (tertiary/aromatic N) is 3. The van der Waals surface area contributed by atoms with Crippen LogP contribution in [-0.2, 0) is 11.2 Å². The molecule has 6 heteroatoms. The van der Waals surface area contributed by atoms with E-state index in [4.69, 9.17) is 0 Å². The summed E-state index contributed by atoms with van der Waals surface area (Å²) in [5.41, 5.74) is 0.167. The summed E-state index contributed by atoms with van der Waals surface area (Å²) in [4.78, 5) is 22.3. The molecule has 0 aromatic carbocycles. The summed E-state index contributed by atoms with van der Waals surface area (Å²) in [6, 6.07) is 0. The molecule has 0 saturated carbocycles. The molecule has 1 saturated heterocycles. The third-order valence-corrected chi connectivity index (χ3v) is 3.77. The van der Waals surface area contributed by atoms with Gasteiger partial charge in [0, 0.05) is 18.6 Å². The molecule has 0 spiro atoms. The normalized spacial score (nSPS) is 19.1. The summed E-state index contributed by atoms with van der Waals surface area (Å²) < 4.78 is 14.4. The molecule has 5 nitrogen and oxygen atoms in total. The predicted molar refractivity (Wildman–Crippen MR) is 84.2 cm³/mol. The standard InChI is InChI=1S/C16H25FN4O/c1-5-12-13(17)14(19-10-18-12)21-8-6-7-11(9-21)15(22)20-16(2,3)4/h10-11H,5-9H2,1-4H3,(H,20,22). The smallest absolute Gasteiger partial charge is 0.225 e. The number of anilines is 1. The summed E-state index contributed by atoms with van der Waals surface area (Å²) in [7, 11) is 0. The Morgan fingerprint density at radius 2 is 2.18 bits per heavy atom. The second-order valence-electron chi connectivity index (χ2n) is 6.84. The first-order valence-corrected chi connectivity index (χ1v) is 7.88. The highest BCUT2D eigenvalue weighted by Crippen LogP contribution is 2.25. The number of carbonyl (C=O) groups is 1. The van der Waals surface area contributed by atoms with Crippen LogP contribution in [0.25, 0.3) is 0 Å². The van der Waals surface area contributed by atoms with E-state index in [0.29, 0.717) is 24.5 Å². The molecule has 1 amide bonds. The number of hydrogen-bond acceptors (Lipinski definition) is 4. The van der Waals surface area contributed by atoms with Crippen molar-refractivity contribution in [3.8, 4) is 0 Å². The lowest BCUT2D eigenvalue weighted by Gasteiger charge is -2.34. The van der Waals surface area contributed by atoms with Crippen LogP contribution in [0.2, 0.25) is 0 Å². The van der Waals surface area contributed by atoms with Crippen LogP contribution in [-0.4, -0.2) is 34.5 Å². The highest BCUT2D eigenvalue weighted by Gasteiger charge is 2.30. The fraction of sp³-hybridized carbons (Fsp3) is 0.688. The molecular formula is C16H25FN4O. The molecule has 1 N–H and O–H groups in total. The molecule has 22 heavy (non-hydrogen) atoms. The van der Waals surface area contributed by atoms with Crippen molar-refractivity contribution >= 4 is 11.7 Å². The Hall–Kier alpha value is -1.72. The number of aryl methyl sites for hydroxylation is 1. The van der Waals surface area contributed by atoms with E-state index in [1.165, 1.54) is 6.33 Å². The van der Waals surface area contributed by atoms with E-state index >= 15 is 0 Å². The maximum Gasteiger partial charge on any atom is 0.225 e. The number of rotatable bonds is 3. The summed E-state index contributed by atoms with van der Waals surface area (Å²) >= 11 is 0. The van der Waals surface area contributed by atoms with E-state index in [0.717, 1.165) is 19.4 Å². The van der Waals surface area contributed by atoms with Gasteiger partial charge in [0.25, 0.3) is 0 Å². The van der Waals surface area contributed by atoms with Gasteiger partial charge in [0.2, 0.25) is 5.91 Å². The third kappa shape index (κ3) is 3.93. The number of piperidine rings is 1. The Bertz CT molecular complexity index is 541. The first-order valence-electron chi connectivity index (χ1n) is 7.88. The quantitative estimate of drug-likeness (QED) is 0.931. The van der Waals surface area contributed by atoms with E-state index in [1.807, 2.05) is 32.6 Å². The molecule has 1 aliphatic heterocycles. The van der Waals surface area contributed by atoms with Crippen molar-refractivity contribution in [2.45, 2.75) is 52.5 Å². The van der Waals surface area contributed by atoms with Gasteiger partial charge in [-0.05, 0) is 40.0 Å². The van der Waals surface area contributed by atoms with Gasteiger partial charge in [0.05, 0.1) is 11.6 Å². The first kappa shape index (κ1) is 16.6. The van der Waals surface area contributed by atoms with E-state index in [2.05, 4.69) is 15.3 Å². The Morgan fingerprint density at radius 3 is 2.82 bits per heavy atom. The first-order chi connectivity index (χ1) is 10.3. The molecule has 2 rings (SSSR count). The van der Waals surface area contributed by atoms with Gasteiger partial charge in [-0.1, -0.05) is 6.92 Å². The number of amides is 1. The molecular weight excluding hydrogens is 283 g/mol. The summed E-state index contributed by atoms with van der Waals surface area (Å²) in [5, 5.41) is 3.01. The minimum atomic E-state index is -0.359. The van der Waals surface area contributed by atoms with Crippen molar-refractivity contribution < 1.29 is 9.18 Å². The molecule has 0 radical (unpaired) electrons. The zero-order valence-electron chi connectivity index (χ0n) is 13.8. The van der Waals surface area contributed by atoms with E-state index in [-0.39, 0.29) is 23.2 Å². The van der Waals surface area contributed by atoms with Gasteiger partial charge >= 0.3 is 0 Å². The number of nitrogens with one attached hydrogen (secondary N) is 1. The molecule has 1 unspecified atom stereocenters. The monoisotopic (exact) mass is 308 g/mol. The molecule has 1 fully saturated rings. The van der Waals surface area contributed by atoms with Gasteiger partial charge < -0.3 is 10.2 Å². The van der Waals surface area contributed by atoms with Crippen LogP contribution in [0, 0.1) is 11.7 Å². The van der Waals surface area contributed by atoms with Crippen molar-refractivity contribution in [3.05, 3.63) is 17.8 Å². The van der Waals surface area contributed by atoms with Gasteiger partial charge in [0.15, 0.2) is 11.6 Å². The summed E-state index contributed by atoms with van der Waals surface area (Å²) in [5.74, 6) is -0.142. The van der Waals surface area contributed by atoms with E-state index < -0.39 is 0 Å². The number of halogens is 1. The zero-order valence-corrected chi connectivity index (χ0v) is 13.8. The van der Waals surface area contributed by atoms with E-state index in [9.17, 15) is 9.18 Å². The molecule has 1 aromatic heterocycles. The van der Waals surface area contributed by atoms with Crippen molar-refractivity contribution in [2.24, 2.45) is 5.92 Å². The SMILES string of the molecule is CCc1ncnc(N2CCCC(C(=O)NC(C)(C)C)C2)c1F. The summed E-state index contributed by atoms with van der Waals surface area (Å²) in [6.45, 7) is 8.97. The van der Waals surface area contributed by atoms with Crippen molar-refractivity contribution in [3.63, 3.8) is 0 Å². The average Bonchev–Trinajstić information content (AvgIpc) is 2.46. The van der Waals surface area contributed by atoms with Gasteiger partial charge in [-0.3, -0.25) is 4.79 Å². The largest absolute Gasteiger partial charge is 0.353 e. The van der Waals surface area contributed by atoms with Gasteiger partial charge in [0.1, 0.15) is 6.33 Å². The Labute approximate surface area is 131 Å². The fourth-order valence-corrected chi connectivity index (χ4v) is 2.72. The zero-order chi connectivity index (χ0) is 16.3. The highest BCUT2D eigenvalue weighted by atomic mass is 19.1.